The number of carbonyl (C=O) groups excluding carboxylic acids is 2. The van der Waals surface area contributed by atoms with Crippen LogP contribution in [0.2, 0.25) is 0 Å². The van der Waals surface area contributed by atoms with E-state index in [9.17, 15) is 9.59 Å². The molecule has 1 atom stereocenters. The van der Waals surface area contributed by atoms with Crippen LogP contribution in [-0.4, -0.2) is 29.5 Å². The molecular formula is C19H16N2O3. The Balaban J connectivity index is 1.71. The van der Waals surface area contributed by atoms with Crippen molar-refractivity contribution in [2.75, 3.05) is 6.61 Å². The Bertz CT molecular complexity index is 779. The lowest BCUT2D eigenvalue weighted by atomic mass is 10.0. The summed E-state index contributed by atoms with van der Waals surface area (Å²) in [6.45, 7) is 0.215. The second-order valence-corrected chi connectivity index (χ2v) is 5.67. The van der Waals surface area contributed by atoms with E-state index < -0.39 is 6.09 Å². The number of rotatable bonds is 4. The van der Waals surface area contributed by atoms with Gasteiger partial charge in [-0.1, -0.05) is 42.5 Å². The summed E-state index contributed by atoms with van der Waals surface area (Å²) < 4.78 is 5.07. The first-order valence-corrected chi connectivity index (χ1v) is 7.69. The molecule has 3 rings (SSSR count). The van der Waals surface area contributed by atoms with Crippen molar-refractivity contribution < 1.29 is 14.3 Å². The summed E-state index contributed by atoms with van der Waals surface area (Å²) in [6.07, 6.45) is 0.0900. The molecule has 0 bridgehead atoms. The molecule has 0 saturated carbocycles. The van der Waals surface area contributed by atoms with Gasteiger partial charge in [-0.3, -0.25) is 4.79 Å². The van der Waals surface area contributed by atoms with Gasteiger partial charge in [0.1, 0.15) is 6.61 Å². The smallest absolute Gasteiger partial charge is 0.416 e. The highest BCUT2D eigenvalue weighted by Crippen LogP contribution is 2.19. The van der Waals surface area contributed by atoms with Gasteiger partial charge in [0, 0.05) is 0 Å². The van der Waals surface area contributed by atoms with Crippen molar-refractivity contribution in [1.82, 2.24) is 4.90 Å². The van der Waals surface area contributed by atoms with E-state index in [1.165, 1.54) is 4.90 Å². The van der Waals surface area contributed by atoms with Gasteiger partial charge >= 0.3 is 6.09 Å². The lowest BCUT2D eigenvalue weighted by molar-refractivity contribution is -0.128. The fourth-order valence-electron chi connectivity index (χ4n) is 2.76. The maximum absolute atomic E-state index is 12.5. The van der Waals surface area contributed by atoms with Gasteiger partial charge in [-0.2, -0.15) is 5.26 Å². The van der Waals surface area contributed by atoms with Crippen molar-refractivity contribution in [2.24, 2.45) is 0 Å². The summed E-state index contributed by atoms with van der Waals surface area (Å²) in [4.78, 5) is 25.7. The predicted octanol–water partition coefficient (Wildman–Crippen LogP) is 2.69. The number of amides is 2. The van der Waals surface area contributed by atoms with Crippen LogP contribution in [0.25, 0.3) is 0 Å². The molecule has 5 heteroatoms. The Kier molecular flexibility index (Phi) is 4.57. The number of cyclic esters (lactones) is 1. The zero-order valence-corrected chi connectivity index (χ0v) is 13.0. The molecule has 2 aromatic carbocycles. The first-order valence-electron chi connectivity index (χ1n) is 7.69. The van der Waals surface area contributed by atoms with E-state index in [4.69, 9.17) is 10.00 Å². The van der Waals surface area contributed by atoms with E-state index in [1.54, 1.807) is 24.3 Å². The van der Waals surface area contributed by atoms with E-state index in [0.717, 1.165) is 11.1 Å². The van der Waals surface area contributed by atoms with E-state index in [1.807, 2.05) is 36.4 Å². The monoisotopic (exact) mass is 320 g/mol. The van der Waals surface area contributed by atoms with Crippen molar-refractivity contribution in [3.05, 3.63) is 71.3 Å². The highest BCUT2D eigenvalue weighted by atomic mass is 16.6. The Hall–Kier alpha value is -3.13. The van der Waals surface area contributed by atoms with Gasteiger partial charge in [0.2, 0.25) is 5.91 Å². The molecule has 2 aromatic rings. The second-order valence-electron chi connectivity index (χ2n) is 5.67. The molecule has 1 heterocycles. The average Bonchev–Trinajstić information content (AvgIpc) is 2.97. The molecule has 120 valence electrons. The average molecular weight is 320 g/mol. The molecule has 1 fully saturated rings. The summed E-state index contributed by atoms with van der Waals surface area (Å²) in [7, 11) is 0. The standard InChI is InChI=1S/C19H16N2O3/c20-12-16-8-6-15(7-9-16)11-18(22)21-17(13-24-19(21)23)10-14-4-2-1-3-5-14/h1-9,17H,10-11,13H2/t17-/m0/s1. The van der Waals surface area contributed by atoms with Crippen molar-refractivity contribution in [2.45, 2.75) is 18.9 Å². The van der Waals surface area contributed by atoms with Gasteiger partial charge in [0.25, 0.3) is 0 Å². The summed E-state index contributed by atoms with van der Waals surface area (Å²) in [5.41, 5.74) is 2.35. The summed E-state index contributed by atoms with van der Waals surface area (Å²) in [5, 5.41) is 8.81. The quantitative estimate of drug-likeness (QED) is 0.868. The van der Waals surface area contributed by atoms with Crippen LogP contribution in [0.3, 0.4) is 0 Å². The van der Waals surface area contributed by atoms with E-state index in [2.05, 4.69) is 0 Å². The molecule has 1 aliphatic heterocycles. The van der Waals surface area contributed by atoms with Crippen molar-refractivity contribution >= 4 is 12.0 Å². The summed E-state index contributed by atoms with van der Waals surface area (Å²) in [6, 6.07) is 18.2. The first-order chi connectivity index (χ1) is 11.7. The molecule has 5 nitrogen and oxygen atoms in total. The number of imide groups is 1. The van der Waals surface area contributed by atoms with Gasteiger partial charge in [0.05, 0.1) is 24.1 Å². The van der Waals surface area contributed by atoms with Crippen LogP contribution < -0.4 is 0 Å². The topological polar surface area (TPSA) is 70.4 Å². The minimum Gasteiger partial charge on any atom is -0.447 e. The van der Waals surface area contributed by atoms with Crippen LogP contribution >= 0.6 is 0 Å². The number of carbonyl (C=O) groups is 2. The van der Waals surface area contributed by atoms with Crippen LogP contribution in [0.4, 0.5) is 4.79 Å². The van der Waals surface area contributed by atoms with Gasteiger partial charge in [-0.25, -0.2) is 9.69 Å². The zero-order valence-electron chi connectivity index (χ0n) is 13.0. The molecule has 0 radical (unpaired) electrons. The Morgan fingerprint density at radius 3 is 2.50 bits per heavy atom. The predicted molar refractivity (Wildman–Crippen MR) is 87.0 cm³/mol. The van der Waals surface area contributed by atoms with Crippen LogP contribution in [0.5, 0.6) is 0 Å². The minimum absolute atomic E-state index is 0.103. The number of ether oxygens (including phenoxy) is 1. The Morgan fingerprint density at radius 1 is 1.12 bits per heavy atom. The molecule has 0 spiro atoms. The molecule has 0 N–H and O–H groups in total. The van der Waals surface area contributed by atoms with Crippen LogP contribution in [-0.2, 0) is 22.4 Å². The van der Waals surface area contributed by atoms with Crippen LogP contribution in [0.1, 0.15) is 16.7 Å². The highest BCUT2D eigenvalue weighted by Gasteiger charge is 2.37. The number of benzene rings is 2. The normalized spacial score (nSPS) is 16.5. The molecule has 2 amide bonds. The first kappa shape index (κ1) is 15.8. The summed E-state index contributed by atoms with van der Waals surface area (Å²) >= 11 is 0. The second kappa shape index (κ2) is 6.97. The largest absolute Gasteiger partial charge is 0.447 e. The fourth-order valence-corrected chi connectivity index (χ4v) is 2.76. The maximum Gasteiger partial charge on any atom is 0.416 e. The minimum atomic E-state index is -0.588. The lowest BCUT2D eigenvalue weighted by Crippen LogP contribution is -2.41. The molecule has 0 aliphatic carbocycles. The molecule has 0 aromatic heterocycles. The number of hydrogen-bond donors (Lipinski definition) is 0. The Labute approximate surface area is 140 Å². The molecule has 1 aliphatic rings. The zero-order chi connectivity index (χ0) is 16.9. The van der Waals surface area contributed by atoms with Crippen LogP contribution in [0.15, 0.2) is 54.6 Å². The Morgan fingerprint density at radius 2 is 1.83 bits per heavy atom. The third-order valence-electron chi connectivity index (χ3n) is 3.98. The van der Waals surface area contributed by atoms with Gasteiger partial charge in [-0.15, -0.1) is 0 Å². The summed E-state index contributed by atoms with van der Waals surface area (Å²) in [5.74, 6) is -0.289. The van der Waals surface area contributed by atoms with Crippen molar-refractivity contribution in [3.8, 4) is 6.07 Å². The molecule has 1 saturated heterocycles. The number of nitrogens with zero attached hydrogens (tertiary/aromatic N) is 2. The molecular weight excluding hydrogens is 304 g/mol. The van der Waals surface area contributed by atoms with E-state index in [-0.39, 0.29) is 25.0 Å². The van der Waals surface area contributed by atoms with Crippen molar-refractivity contribution in [1.29, 1.82) is 5.26 Å². The lowest BCUT2D eigenvalue weighted by Gasteiger charge is -2.19. The highest BCUT2D eigenvalue weighted by molar-refractivity contribution is 5.94. The third kappa shape index (κ3) is 3.44. The maximum atomic E-state index is 12.5. The van der Waals surface area contributed by atoms with Gasteiger partial charge in [0.15, 0.2) is 0 Å². The van der Waals surface area contributed by atoms with Gasteiger partial charge in [-0.05, 0) is 29.7 Å². The van der Waals surface area contributed by atoms with Crippen molar-refractivity contribution in [3.63, 3.8) is 0 Å². The molecule has 0 unspecified atom stereocenters. The van der Waals surface area contributed by atoms with E-state index >= 15 is 0 Å². The number of hydrogen-bond acceptors (Lipinski definition) is 4. The SMILES string of the molecule is N#Cc1ccc(CC(=O)N2C(=O)OC[C@@H]2Cc2ccccc2)cc1. The van der Waals surface area contributed by atoms with E-state index in [0.29, 0.717) is 12.0 Å². The van der Waals surface area contributed by atoms with Gasteiger partial charge < -0.3 is 4.74 Å². The number of nitriles is 1. The van der Waals surface area contributed by atoms with Crippen LogP contribution in [0, 0.1) is 11.3 Å². The fraction of sp³-hybridized carbons (Fsp3) is 0.211. The third-order valence-corrected chi connectivity index (χ3v) is 3.98. The molecule has 24 heavy (non-hydrogen) atoms.